The van der Waals surface area contributed by atoms with E-state index in [0.29, 0.717) is 22.9 Å². The number of nitrogen functional groups attached to an aromatic ring is 1. The van der Waals surface area contributed by atoms with Crippen LogP contribution in [0, 0.1) is 0 Å². The molecule has 2 atom stereocenters. The summed E-state index contributed by atoms with van der Waals surface area (Å²) in [5.41, 5.74) is 3.50. The Bertz CT molecular complexity index is 495. The van der Waals surface area contributed by atoms with Crippen LogP contribution >= 0.6 is 11.6 Å². The molecule has 2 saturated heterocycles. The molecule has 0 bridgehead atoms. The minimum atomic E-state index is 0.534. The summed E-state index contributed by atoms with van der Waals surface area (Å²) in [6, 6.07) is 4.89. The van der Waals surface area contributed by atoms with Crippen LogP contribution in [0.5, 0.6) is 0 Å². The number of fused-ring (bicyclic) bond motifs is 1. The molecule has 3 rings (SSSR count). The van der Waals surface area contributed by atoms with E-state index >= 15 is 0 Å². The molecule has 1 aromatic rings. The molecule has 0 amide bonds. The van der Waals surface area contributed by atoms with Crippen molar-refractivity contribution in [2.45, 2.75) is 44.8 Å². The number of rotatable bonds is 3. The number of halogens is 1. The number of nitrogens with two attached hydrogens (primary N) is 1. The first-order valence-corrected chi connectivity index (χ1v) is 8.15. The van der Waals surface area contributed by atoms with Gasteiger partial charge in [-0.15, -0.1) is 0 Å². The highest BCUT2D eigenvalue weighted by atomic mass is 35.5. The van der Waals surface area contributed by atoms with Gasteiger partial charge in [-0.2, -0.15) is 0 Å². The summed E-state index contributed by atoms with van der Waals surface area (Å²) < 4.78 is 0. The van der Waals surface area contributed by atoms with Crippen molar-refractivity contribution in [1.29, 1.82) is 0 Å². The summed E-state index contributed by atoms with van der Waals surface area (Å²) in [6.07, 6.45) is 4.02. The number of hydrazine groups is 1. The van der Waals surface area contributed by atoms with Crippen LogP contribution in [-0.4, -0.2) is 46.5 Å². The fraction of sp³-hybridized carbons (Fsp3) is 0.667. The topological polar surface area (TPSA) is 57.4 Å². The van der Waals surface area contributed by atoms with Crippen molar-refractivity contribution in [3.05, 3.63) is 22.8 Å². The molecule has 0 aromatic carbocycles. The van der Waals surface area contributed by atoms with Crippen LogP contribution < -0.4 is 11.3 Å². The number of aromatic nitrogens is 1. The van der Waals surface area contributed by atoms with Gasteiger partial charge < -0.3 is 5.43 Å². The highest BCUT2D eigenvalue weighted by Gasteiger charge is 2.33. The average molecular weight is 310 g/mol. The first-order chi connectivity index (χ1) is 10.2. The lowest BCUT2D eigenvalue weighted by atomic mass is 9.97. The summed E-state index contributed by atoms with van der Waals surface area (Å²) in [4.78, 5) is 9.65. The number of piperidine rings is 1. The van der Waals surface area contributed by atoms with Gasteiger partial charge in [0, 0.05) is 31.7 Å². The molecule has 21 heavy (non-hydrogen) atoms. The number of nitrogens with zero attached hydrogens (tertiary/aromatic N) is 3. The summed E-state index contributed by atoms with van der Waals surface area (Å²) in [5, 5.41) is 0.715. The second-order valence-electron chi connectivity index (χ2n) is 6.19. The Morgan fingerprint density at radius 3 is 3.05 bits per heavy atom. The number of pyridine rings is 1. The summed E-state index contributed by atoms with van der Waals surface area (Å²) in [7, 11) is 0. The zero-order chi connectivity index (χ0) is 14.8. The van der Waals surface area contributed by atoms with E-state index in [1.54, 1.807) is 6.07 Å². The Morgan fingerprint density at radius 1 is 1.38 bits per heavy atom. The van der Waals surface area contributed by atoms with Crippen molar-refractivity contribution in [3.8, 4) is 0 Å². The Hall–Kier alpha value is -0.880. The minimum Gasteiger partial charge on any atom is -0.308 e. The highest BCUT2D eigenvalue weighted by Crippen LogP contribution is 2.26. The third kappa shape index (κ3) is 3.31. The molecular formula is C15H24ClN5. The van der Waals surface area contributed by atoms with Crippen LogP contribution in [0.25, 0.3) is 0 Å². The molecule has 2 fully saturated rings. The maximum absolute atomic E-state index is 6.29. The highest BCUT2D eigenvalue weighted by molar-refractivity contribution is 6.31. The molecule has 1 aromatic heterocycles. The summed E-state index contributed by atoms with van der Waals surface area (Å²) in [5.74, 6) is 6.11. The van der Waals surface area contributed by atoms with Crippen molar-refractivity contribution < 1.29 is 0 Å². The third-order valence-electron chi connectivity index (χ3n) is 4.74. The normalized spacial score (nSPS) is 27.4. The summed E-state index contributed by atoms with van der Waals surface area (Å²) in [6.45, 7) is 6.61. The van der Waals surface area contributed by atoms with Gasteiger partial charge in [0.25, 0.3) is 0 Å². The number of piperazine rings is 1. The van der Waals surface area contributed by atoms with Gasteiger partial charge >= 0.3 is 0 Å². The van der Waals surface area contributed by atoms with Crippen LogP contribution in [-0.2, 0) is 6.54 Å². The zero-order valence-corrected chi connectivity index (χ0v) is 13.3. The number of anilines is 1. The van der Waals surface area contributed by atoms with Gasteiger partial charge in [-0.25, -0.2) is 10.8 Å². The molecule has 2 unspecified atom stereocenters. The fourth-order valence-electron chi connectivity index (χ4n) is 3.50. The summed E-state index contributed by atoms with van der Waals surface area (Å²) >= 11 is 6.29. The predicted molar refractivity (Wildman–Crippen MR) is 86.1 cm³/mol. The van der Waals surface area contributed by atoms with Crippen molar-refractivity contribution in [3.63, 3.8) is 0 Å². The molecule has 2 aliphatic rings. The van der Waals surface area contributed by atoms with Crippen molar-refractivity contribution in [2.75, 3.05) is 25.1 Å². The first kappa shape index (κ1) is 15.0. The van der Waals surface area contributed by atoms with E-state index in [4.69, 9.17) is 17.4 Å². The molecule has 116 valence electrons. The van der Waals surface area contributed by atoms with Gasteiger partial charge in [-0.05, 0) is 38.4 Å². The Balaban J connectivity index is 1.72. The van der Waals surface area contributed by atoms with E-state index in [2.05, 4.69) is 27.1 Å². The number of hydrogen-bond donors (Lipinski definition) is 2. The van der Waals surface area contributed by atoms with Gasteiger partial charge in [0.2, 0.25) is 0 Å². The van der Waals surface area contributed by atoms with Crippen LogP contribution in [0.2, 0.25) is 5.02 Å². The van der Waals surface area contributed by atoms with E-state index in [9.17, 15) is 0 Å². The molecule has 0 radical (unpaired) electrons. The van der Waals surface area contributed by atoms with Crippen LogP contribution in [0.4, 0.5) is 5.82 Å². The lowest BCUT2D eigenvalue weighted by Gasteiger charge is -2.47. The van der Waals surface area contributed by atoms with Gasteiger partial charge in [-0.1, -0.05) is 18.0 Å². The van der Waals surface area contributed by atoms with Crippen molar-refractivity contribution in [1.82, 2.24) is 14.8 Å². The van der Waals surface area contributed by atoms with E-state index in [0.717, 1.165) is 25.3 Å². The monoisotopic (exact) mass is 309 g/mol. The Labute approximate surface area is 131 Å². The number of hydrogen-bond acceptors (Lipinski definition) is 5. The maximum Gasteiger partial charge on any atom is 0.140 e. The Kier molecular flexibility index (Phi) is 4.64. The van der Waals surface area contributed by atoms with Crippen LogP contribution in [0.1, 0.15) is 31.9 Å². The quantitative estimate of drug-likeness (QED) is 0.661. The molecule has 0 aliphatic carbocycles. The van der Waals surface area contributed by atoms with E-state index in [-0.39, 0.29) is 0 Å². The largest absolute Gasteiger partial charge is 0.308 e. The SMILES string of the molecule is CC1CN2CCCCC2CN1Cc1nc(NN)ccc1Cl. The average Bonchev–Trinajstić information content (AvgIpc) is 2.50. The molecule has 5 nitrogen and oxygen atoms in total. The zero-order valence-electron chi connectivity index (χ0n) is 12.6. The third-order valence-corrected chi connectivity index (χ3v) is 5.08. The standard InChI is InChI=1S/C15H24ClN5/c1-11-8-20-7-3-2-4-12(20)9-21(11)10-14-13(16)5-6-15(18-14)19-17/h5-6,11-12H,2-4,7-10,17H2,1H3,(H,18,19). The predicted octanol–water partition coefficient (Wildman–Crippen LogP) is 2.08. The lowest BCUT2D eigenvalue weighted by Crippen LogP contribution is -2.58. The van der Waals surface area contributed by atoms with E-state index < -0.39 is 0 Å². The molecule has 3 heterocycles. The molecule has 3 N–H and O–H groups in total. The van der Waals surface area contributed by atoms with Gasteiger partial charge in [0.1, 0.15) is 5.82 Å². The Morgan fingerprint density at radius 2 is 2.24 bits per heavy atom. The lowest BCUT2D eigenvalue weighted by molar-refractivity contribution is 0.0105. The van der Waals surface area contributed by atoms with Crippen LogP contribution in [0.15, 0.2) is 12.1 Å². The van der Waals surface area contributed by atoms with Gasteiger partial charge in [-0.3, -0.25) is 9.80 Å². The van der Waals surface area contributed by atoms with Gasteiger partial charge in [0.15, 0.2) is 0 Å². The minimum absolute atomic E-state index is 0.534. The second-order valence-corrected chi connectivity index (χ2v) is 6.60. The van der Waals surface area contributed by atoms with E-state index in [1.807, 2.05) is 6.07 Å². The second kappa shape index (κ2) is 6.48. The molecule has 2 aliphatic heterocycles. The van der Waals surface area contributed by atoms with Crippen LogP contribution in [0.3, 0.4) is 0 Å². The smallest absolute Gasteiger partial charge is 0.140 e. The fourth-order valence-corrected chi connectivity index (χ4v) is 3.67. The molecule has 6 heteroatoms. The molecule has 0 spiro atoms. The van der Waals surface area contributed by atoms with Crippen molar-refractivity contribution in [2.24, 2.45) is 5.84 Å². The molecule has 0 saturated carbocycles. The molecular weight excluding hydrogens is 286 g/mol. The number of nitrogens with one attached hydrogen (secondary N) is 1. The van der Waals surface area contributed by atoms with Crippen molar-refractivity contribution >= 4 is 17.4 Å². The van der Waals surface area contributed by atoms with E-state index in [1.165, 1.54) is 25.8 Å². The first-order valence-electron chi connectivity index (χ1n) is 7.77. The maximum atomic E-state index is 6.29. The van der Waals surface area contributed by atoms with Gasteiger partial charge in [0.05, 0.1) is 10.7 Å².